The Kier molecular flexibility index (Phi) is 6.89. The van der Waals surface area contributed by atoms with Crippen molar-refractivity contribution in [2.75, 3.05) is 5.01 Å². The van der Waals surface area contributed by atoms with Crippen LogP contribution in [0.15, 0.2) is 52.4 Å². The van der Waals surface area contributed by atoms with E-state index in [1.807, 2.05) is 0 Å². The van der Waals surface area contributed by atoms with Crippen molar-refractivity contribution in [1.82, 2.24) is 30.0 Å². The van der Waals surface area contributed by atoms with Crippen molar-refractivity contribution in [2.45, 2.75) is 44.6 Å². The van der Waals surface area contributed by atoms with Crippen LogP contribution in [0, 0.1) is 0 Å². The van der Waals surface area contributed by atoms with Crippen molar-refractivity contribution in [2.24, 2.45) is 4.99 Å². The fraction of sp³-hybridized carbons (Fsp3) is 0.350. The molecule has 35 heavy (non-hydrogen) atoms. The van der Waals surface area contributed by atoms with E-state index in [0.29, 0.717) is 16.4 Å². The maximum absolute atomic E-state index is 13.0. The first kappa shape index (κ1) is 24.8. The minimum atomic E-state index is -4.93. The second-order valence-corrected chi connectivity index (χ2v) is 8.13. The molecule has 0 bridgehead atoms. The van der Waals surface area contributed by atoms with Crippen LogP contribution in [0.25, 0.3) is 11.4 Å². The summed E-state index contributed by atoms with van der Waals surface area (Å²) in [7, 11) is 0. The van der Waals surface area contributed by atoms with Crippen molar-refractivity contribution in [3.63, 3.8) is 0 Å². The van der Waals surface area contributed by atoms with Gasteiger partial charge in [-0.3, -0.25) is 4.57 Å². The number of anilines is 1. The second kappa shape index (κ2) is 9.73. The number of hydrogen-bond donors (Lipinski definition) is 3. The molecule has 15 heteroatoms. The van der Waals surface area contributed by atoms with E-state index in [0.717, 1.165) is 9.25 Å². The molecule has 1 aliphatic heterocycles. The maximum atomic E-state index is 13.0. The van der Waals surface area contributed by atoms with Gasteiger partial charge in [0.2, 0.25) is 0 Å². The third-order valence-corrected chi connectivity index (χ3v) is 5.31. The maximum Gasteiger partial charge on any atom is 0.416 e. The lowest BCUT2D eigenvalue weighted by Crippen LogP contribution is -2.46. The van der Waals surface area contributed by atoms with E-state index >= 15 is 0 Å². The molecule has 1 unspecified atom stereocenters. The SMILES string of the molecule is C[C@H](O)C1=NC(Cn2nc(-c3ccc(Cl)cc3)n(C[C@H](O)C(F)(F)F)c2=O)NN1c1cccnn1. The first-order valence-corrected chi connectivity index (χ1v) is 10.7. The number of nitrogens with one attached hydrogen (secondary N) is 1. The summed E-state index contributed by atoms with van der Waals surface area (Å²) in [6, 6.07) is 9.26. The molecular weight excluding hydrogens is 493 g/mol. The Morgan fingerprint density at radius 3 is 2.51 bits per heavy atom. The molecule has 0 saturated heterocycles. The summed E-state index contributed by atoms with van der Waals surface area (Å²) in [6.07, 6.45) is -8.06. The summed E-state index contributed by atoms with van der Waals surface area (Å²) < 4.78 is 40.8. The van der Waals surface area contributed by atoms with Crippen molar-refractivity contribution in [3.8, 4) is 11.4 Å². The summed E-state index contributed by atoms with van der Waals surface area (Å²) >= 11 is 5.90. The van der Waals surface area contributed by atoms with Crippen molar-refractivity contribution in [3.05, 3.63) is 58.1 Å². The Labute approximate surface area is 201 Å². The van der Waals surface area contributed by atoms with E-state index < -0.39 is 36.8 Å². The van der Waals surface area contributed by atoms with E-state index in [4.69, 9.17) is 11.6 Å². The van der Waals surface area contributed by atoms with Crippen LogP contribution in [0.4, 0.5) is 19.0 Å². The summed E-state index contributed by atoms with van der Waals surface area (Å²) in [5.74, 6) is 0.453. The molecule has 3 atom stereocenters. The molecule has 0 spiro atoms. The molecule has 0 fully saturated rings. The monoisotopic (exact) mass is 512 g/mol. The Balaban J connectivity index is 1.68. The average molecular weight is 513 g/mol. The van der Waals surface area contributed by atoms with Gasteiger partial charge in [-0.2, -0.15) is 18.3 Å². The molecule has 0 aliphatic carbocycles. The Bertz CT molecular complexity index is 1260. The van der Waals surface area contributed by atoms with Gasteiger partial charge < -0.3 is 10.2 Å². The topological polar surface area (TPSA) is 134 Å². The van der Waals surface area contributed by atoms with Gasteiger partial charge in [0, 0.05) is 16.8 Å². The number of aliphatic imine (C=N–C) groups is 1. The molecule has 3 N–H and O–H groups in total. The molecule has 0 amide bonds. The molecule has 3 aromatic rings. The number of aromatic nitrogens is 5. The number of aliphatic hydroxyl groups excluding tert-OH is 2. The van der Waals surface area contributed by atoms with Crippen molar-refractivity contribution >= 4 is 23.3 Å². The van der Waals surface area contributed by atoms with Crippen LogP contribution in [0.2, 0.25) is 5.02 Å². The average Bonchev–Trinajstić information content (AvgIpc) is 3.37. The highest BCUT2D eigenvalue weighted by Crippen LogP contribution is 2.24. The van der Waals surface area contributed by atoms with Gasteiger partial charge in [-0.1, -0.05) is 11.6 Å². The predicted octanol–water partition coefficient (Wildman–Crippen LogP) is 1.21. The highest BCUT2D eigenvalue weighted by atomic mass is 35.5. The Morgan fingerprint density at radius 2 is 1.91 bits per heavy atom. The zero-order valence-electron chi connectivity index (χ0n) is 18.1. The fourth-order valence-corrected chi connectivity index (χ4v) is 3.54. The molecule has 1 aliphatic rings. The van der Waals surface area contributed by atoms with E-state index in [1.165, 1.54) is 42.4 Å². The minimum absolute atomic E-state index is 0.0847. The van der Waals surface area contributed by atoms with Gasteiger partial charge in [-0.25, -0.2) is 24.9 Å². The highest BCUT2D eigenvalue weighted by molar-refractivity contribution is 6.30. The third-order valence-electron chi connectivity index (χ3n) is 5.06. The number of halogens is 4. The van der Waals surface area contributed by atoms with Gasteiger partial charge in [0.25, 0.3) is 0 Å². The van der Waals surface area contributed by atoms with Gasteiger partial charge in [0.1, 0.15) is 12.3 Å². The van der Waals surface area contributed by atoms with Crippen LogP contribution in [0.5, 0.6) is 0 Å². The highest BCUT2D eigenvalue weighted by Gasteiger charge is 2.39. The van der Waals surface area contributed by atoms with E-state index in [1.54, 1.807) is 12.1 Å². The van der Waals surface area contributed by atoms with Crippen LogP contribution >= 0.6 is 11.6 Å². The summed E-state index contributed by atoms with van der Waals surface area (Å²) in [6.45, 7) is 0.248. The first-order chi connectivity index (χ1) is 16.5. The summed E-state index contributed by atoms with van der Waals surface area (Å²) in [5, 5.41) is 33.5. The minimum Gasteiger partial charge on any atom is -0.385 e. The fourth-order valence-electron chi connectivity index (χ4n) is 3.41. The second-order valence-electron chi connectivity index (χ2n) is 7.69. The van der Waals surface area contributed by atoms with Crippen LogP contribution in [0.1, 0.15) is 6.92 Å². The zero-order chi connectivity index (χ0) is 25.3. The summed E-state index contributed by atoms with van der Waals surface area (Å²) in [5.41, 5.74) is 2.41. The lowest BCUT2D eigenvalue weighted by atomic mass is 10.2. The molecule has 186 valence electrons. The van der Waals surface area contributed by atoms with E-state index in [9.17, 15) is 28.2 Å². The number of amidine groups is 1. The van der Waals surface area contributed by atoms with Crippen LogP contribution in [-0.2, 0) is 13.1 Å². The normalized spacial score (nSPS) is 18.0. The van der Waals surface area contributed by atoms with Gasteiger partial charge in [0.15, 0.2) is 23.6 Å². The van der Waals surface area contributed by atoms with Gasteiger partial charge in [-0.15, -0.1) is 10.2 Å². The first-order valence-electron chi connectivity index (χ1n) is 10.3. The molecule has 1 aromatic carbocycles. The van der Waals surface area contributed by atoms with Crippen LogP contribution in [-0.4, -0.2) is 65.1 Å². The molecule has 2 aromatic heterocycles. The van der Waals surface area contributed by atoms with Gasteiger partial charge in [0.05, 0.1) is 13.1 Å². The third kappa shape index (κ3) is 5.35. The predicted molar refractivity (Wildman–Crippen MR) is 120 cm³/mol. The zero-order valence-corrected chi connectivity index (χ0v) is 18.9. The van der Waals surface area contributed by atoms with E-state index in [2.05, 4.69) is 25.7 Å². The van der Waals surface area contributed by atoms with Gasteiger partial charge >= 0.3 is 11.9 Å². The number of benzene rings is 1. The van der Waals surface area contributed by atoms with Crippen LogP contribution < -0.4 is 16.1 Å². The smallest absolute Gasteiger partial charge is 0.385 e. The molecule has 3 heterocycles. The molecule has 0 saturated carbocycles. The quantitative estimate of drug-likeness (QED) is 0.430. The van der Waals surface area contributed by atoms with E-state index in [-0.39, 0.29) is 18.2 Å². The molecular formula is C20H20ClF3N8O3. The molecule has 0 radical (unpaired) electrons. The standard InChI is InChI=1S/C20H20ClF3N8O3/c1-11(33)17-26-15(28-32(17)16-3-2-8-25-27-16)10-31-19(35)30(9-14(34)20(22,23)24)18(29-31)12-4-6-13(21)7-5-12/h2-8,11,14-15,28,33-34H,9-10H2,1H3/t11-,14-,15?/m0/s1. The number of nitrogens with zero attached hydrogens (tertiary/aromatic N) is 7. The van der Waals surface area contributed by atoms with Crippen LogP contribution in [0.3, 0.4) is 0 Å². The largest absolute Gasteiger partial charge is 0.416 e. The number of aliphatic hydroxyl groups is 2. The Hall–Kier alpha value is -3.33. The van der Waals surface area contributed by atoms with Gasteiger partial charge in [-0.05, 0) is 43.3 Å². The lowest BCUT2D eigenvalue weighted by Gasteiger charge is -2.21. The Morgan fingerprint density at radius 1 is 1.20 bits per heavy atom. The molecule has 4 rings (SSSR count). The van der Waals surface area contributed by atoms with Crippen molar-refractivity contribution < 1.29 is 23.4 Å². The number of hydrogen-bond acceptors (Lipinski definition) is 9. The molecule has 11 nitrogen and oxygen atoms in total. The lowest BCUT2D eigenvalue weighted by molar-refractivity contribution is -0.207. The summed E-state index contributed by atoms with van der Waals surface area (Å²) in [4.78, 5) is 17.4. The number of rotatable bonds is 7. The van der Waals surface area contributed by atoms with Crippen molar-refractivity contribution in [1.29, 1.82) is 0 Å². The number of hydrazine groups is 1. The number of alkyl halides is 3.